The molecule has 0 fully saturated rings. The lowest BCUT2D eigenvalue weighted by molar-refractivity contribution is 0.232. The molecule has 152 valence electrons. The number of hydrogen-bond acceptors (Lipinski definition) is 7. The predicted molar refractivity (Wildman–Crippen MR) is 105 cm³/mol. The number of benzene rings is 2. The second-order valence-electron chi connectivity index (χ2n) is 5.21. The summed E-state index contributed by atoms with van der Waals surface area (Å²) in [6.45, 7) is 1.84. The van der Waals surface area contributed by atoms with Crippen molar-refractivity contribution in [3.8, 4) is 11.5 Å². The van der Waals surface area contributed by atoms with Crippen LogP contribution in [0.3, 0.4) is 0 Å². The van der Waals surface area contributed by atoms with Crippen LogP contribution in [0, 0.1) is 6.92 Å². The van der Waals surface area contributed by atoms with E-state index in [1.165, 1.54) is 18.3 Å². The zero-order valence-electron chi connectivity index (χ0n) is 15.5. The fraction of sp³-hybridized carbons (Fsp3) is 0.176. The first-order chi connectivity index (χ1) is 13.2. The van der Waals surface area contributed by atoms with E-state index in [1.54, 1.807) is 50.0 Å². The van der Waals surface area contributed by atoms with Crippen molar-refractivity contribution in [1.82, 2.24) is 5.48 Å². The maximum Gasteiger partial charge on any atom is 0.294 e. The topological polar surface area (TPSA) is 156 Å². The van der Waals surface area contributed by atoms with Crippen LogP contribution in [0.5, 0.6) is 11.5 Å². The van der Waals surface area contributed by atoms with Gasteiger partial charge in [0, 0.05) is 0 Å². The van der Waals surface area contributed by atoms with Crippen molar-refractivity contribution in [2.24, 2.45) is 15.9 Å². The number of guanidine groups is 1. The first-order valence-corrected chi connectivity index (χ1v) is 9.18. The zero-order valence-corrected chi connectivity index (χ0v) is 16.3. The van der Waals surface area contributed by atoms with Crippen molar-refractivity contribution in [1.29, 1.82) is 0 Å². The summed E-state index contributed by atoms with van der Waals surface area (Å²) >= 11 is 0. The fourth-order valence-corrected chi connectivity index (χ4v) is 2.37. The van der Waals surface area contributed by atoms with Crippen molar-refractivity contribution in [2.75, 3.05) is 14.2 Å². The number of rotatable bonds is 5. The molecule has 0 saturated heterocycles. The van der Waals surface area contributed by atoms with E-state index in [2.05, 4.69) is 10.2 Å². The summed E-state index contributed by atoms with van der Waals surface area (Å²) in [4.78, 5) is -0.0666. The Morgan fingerprint density at radius 3 is 2.07 bits per heavy atom. The third kappa shape index (κ3) is 7.23. The number of aryl methyl sites for hydroxylation is 1. The van der Waals surface area contributed by atoms with Gasteiger partial charge in [0.15, 0.2) is 0 Å². The van der Waals surface area contributed by atoms with Crippen molar-refractivity contribution >= 4 is 22.3 Å². The van der Waals surface area contributed by atoms with E-state index in [9.17, 15) is 8.42 Å². The second kappa shape index (κ2) is 10.9. The standard InChI is InChI=1S/C10H14N4O3.C7H8O3S/c1-16-8-4-3-5-9(17-2)7(8)6-12-13-10(11)14-15;1-6-2-4-7(5-3-6)11(8,9)10/h3-6,15H,1-2H3,(H3,11,13,14);2-5H,1H3,(H,8,9,10)/b12-6+;. The normalized spacial score (nSPS) is 11.5. The van der Waals surface area contributed by atoms with Crippen LogP contribution in [-0.2, 0) is 10.1 Å². The highest BCUT2D eigenvalue weighted by Gasteiger charge is 2.07. The van der Waals surface area contributed by atoms with Gasteiger partial charge in [-0.1, -0.05) is 23.8 Å². The molecule has 2 aromatic carbocycles. The van der Waals surface area contributed by atoms with Gasteiger partial charge in [0.1, 0.15) is 11.5 Å². The molecule has 0 aliphatic rings. The summed E-state index contributed by atoms with van der Waals surface area (Å²) in [6, 6.07) is 11.3. The van der Waals surface area contributed by atoms with E-state index in [4.69, 9.17) is 25.0 Å². The Hall–Kier alpha value is -3.15. The Morgan fingerprint density at radius 2 is 1.64 bits per heavy atom. The largest absolute Gasteiger partial charge is 0.496 e. The molecule has 0 spiro atoms. The average molecular weight is 410 g/mol. The first kappa shape index (κ1) is 22.9. The van der Waals surface area contributed by atoms with Crippen molar-refractivity contribution in [3.05, 3.63) is 53.6 Å². The van der Waals surface area contributed by atoms with Crippen LogP contribution in [0.25, 0.3) is 0 Å². The highest BCUT2D eigenvalue weighted by molar-refractivity contribution is 7.85. The molecule has 28 heavy (non-hydrogen) atoms. The van der Waals surface area contributed by atoms with Crippen molar-refractivity contribution < 1.29 is 27.7 Å². The number of nitrogens with two attached hydrogens (primary N) is 1. The second-order valence-corrected chi connectivity index (χ2v) is 6.63. The summed E-state index contributed by atoms with van der Waals surface area (Å²) < 4.78 is 39.9. The van der Waals surface area contributed by atoms with Crippen LogP contribution in [0.2, 0.25) is 0 Å². The van der Waals surface area contributed by atoms with Gasteiger partial charge in [0.2, 0.25) is 5.96 Å². The van der Waals surface area contributed by atoms with Crippen LogP contribution in [0.15, 0.2) is 57.6 Å². The Labute approximate surface area is 163 Å². The Balaban J connectivity index is 0.000000307. The van der Waals surface area contributed by atoms with Gasteiger partial charge in [0.25, 0.3) is 10.1 Å². The number of nitrogens with one attached hydrogen (secondary N) is 1. The molecular weight excluding hydrogens is 388 g/mol. The molecule has 11 heteroatoms. The molecule has 0 amide bonds. The van der Waals surface area contributed by atoms with Gasteiger partial charge < -0.3 is 15.2 Å². The SMILES string of the molecule is COc1cccc(OC)c1/C=N/N=C(\N)NO.Cc1ccc(S(=O)(=O)O)cc1. The van der Waals surface area contributed by atoms with Gasteiger partial charge in [0.05, 0.1) is 30.9 Å². The van der Waals surface area contributed by atoms with Crippen LogP contribution in [0.4, 0.5) is 0 Å². The van der Waals surface area contributed by atoms with Crippen molar-refractivity contribution in [2.45, 2.75) is 11.8 Å². The number of hydroxylamine groups is 1. The Bertz CT molecular complexity index is 905. The van der Waals surface area contributed by atoms with Gasteiger partial charge in [-0.3, -0.25) is 9.76 Å². The minimum Gasteiger partial charge on any atom is -0.496 e. The molecular formula is C17H22N4O6S. The Kier molecular flexibility index (Phi) is 8.88. The van der Waals surface area contributed by atoms with Gasteiger partial charge in [-0.15, -0.1) is 5.10 Å². The third-order valence-electron chi connectivity index (χ3n) is 3.25. The summed E-state index contributed by atoms with van der Waals surface area (Å²) in [5.41, 5.74) is 8.44. The highest BCUT2D eigenvalue weighted by atomic mass is 32.2. The monoisotopic (exact) mass is 410 g/mol. The molecule has 0 aliphatic carbocycles. The summed E-state index contributed by atoms with van der Waals surface area (Å²) in [7, 11) is -0.938. The maximum absolute atomic E-state index is 10.5. The number of nitrogens with zero attached hydrogens (tertiary/aromatic N) is 2. The third-order valence-corrected chi connectivity index (χ3v) is 4.12. The lowest BCUT2D eigenvalue weighted by atomic mass is 10.2. The molecule has 2 rings (SSSR count). The van der Waals surface area contributed by atoms with E-state index < -0.39 is 10.1 Å². The van der Waals surface area contributed by atoms with Gasteiger partial charge >= 0.3 is 0 Å². The van der Waals surface area contributed by atoms with E-state index in [1.807, 2.05) is 6.92 Å². The van der Waals surface area contributed by atoms with Crippen LogP contribution >= 0.6 is 0 Å². The quantitative estimate of drug-likeness (QED) is 0.250. The smallest absolute Gasteiger partial charge is 0.294 e. The Morgan fingerprint density at radius 1 is 1.11 bits per heavy atom. The van der Waals surface area contributed by atoms with Crippen LogP contribution < -0.4 is 20.7 Å². The van der Waals surface area contributed by atoms with Gasteiger partial charge in [-0.05, 0) is 31.2 Å². The molecule has 0 aliphatic heterocycles. The first-order valence-electron chi connectivity index (χ1n) is 7.74. The molecule has 0 radical (unpaired) electrons. The zero-order chi connectivity index (χ0) is 21.2. The molecule has 10 nitrogen and oxygen atoms in total. The maximum atomic E-state index is 10.5. The molecule has 0 saturated carbocycles. The van der Waals surface area contributed by atoms with Gasteiger partial charge in [-0.2, -0.15) is 13.5 Å². The summed E-state index contributed by atoms with van der Waals surface area (Å²) in [5.74, 6) is 0.979. The van der Waals surface area contributed by atoms with Crippen LogP contribution in [0.1, 0.15) is 11.1 Å². The van der Waals surface area contributed by atoms with Crippen molar-refractivity contribution in [3.63, 3.8) is 0 Å². The molecule has 2 aromatic rings. The minimum absolute atomic E-state index is 0.0666. The molecule has 5 N–H and O–H groups in total. The molecule has 0 unspecified atom stereocenters. The van der Waals surface area contributed by atoms with E-state index in [0.29, 0.717) is 17.1 Å². The number of methoxy groups -OCH3 is 2. The molecule has 0 aromatic heterocycles. The number of ether oxygens (including phenoxy) is 2. The minimum atomic E-state index is -4.02. The van der Waals surface area contributed by atoms with E-state index in [-0.39, 0.29) is 10.9 Å². The lowest BCUT2D eigenvalue weighted by Crippen LogP contribution is -2.27. The number of hydrogen-bond donors (Lipinski definition) is 4. The molecule has 0 bridgehead atoms. The predicted octanol–water partition coefficient (Wildman–Crippen LogP) is 1.57. The summed E-state index contributed by atoms with van der Waals surface area (Å²) in [6.07, 6.45) is 1.42. The molecule has 0 heterocycles. The molecule has 0 atom stereocenters. The average Bonchev–Trinajstić information content (AvgIpc) is 2.67. The van der Waals surface area contributed by atoms with Gasteiger partial charge in [-0.25, -0.2) is 5.48 Å². The fourth-order valence-electron chi connectivity index (χ4n) is 1.89. The lowest BCUT2D eigenvalue weighted by Gasteiger charge is -2.08. The van der Waals surface area contributed by atoms with E-state index in [0.717, 1.165) is 5.56 Å². The van der Waals surface area contributed by atoms with Crippen LogP contribution in [-0.4, -0.2) is 44.6 Å². The van der Waals surface area contributed by atoms with E-state index >= 15 is 0 Å². The summed E-state index contributed by atoms with van der Waals surface area (Å²) in [5, 5.41) is 15.6. The highest BCUT2D eigenvalue weighted by Crippen LogP contribution is 2.26.